The molecule has 0 amide bonds. The molecule has 0 fully saturated rings. The number of anilines is 1. The highest BCUT2D eigenvalue weighted by Gasteiger charge is 2.19. The van der Waals surface area contributed by atoms with Crippen molar-refractivity contribution in [3.63, 3.8) is 0 Å². The number of hydrogen-bond donors (Lipinski definition) is 1. The maximum Gasteiger partial charge on any atom is 0.229 e. The van der Waals surface area contributed by atoms with E-state index in [2.05, 4.69) is 33.0 Å². The molecule has 35 heavy (non-hydrogen) atoms. The summed E-state index contributed by atoms with van der Waals surface area (Å²) < 4.78 is 25.2. The van der Waals surface area contributed by atoms with Crippen molar-refractivity contribution in [2.24, 2.45) is 0 Å². The van der Waals surface area contributed by atoms with Crippen molar-refractivity contribution in [2.75, 3.05) is 19.5 Å². The van der Waals surface area contributed by atoms with Crippen LogP contribution in [0.3, 0.4) is 0 Å². The number of nitrogens with zero attached hydrogens (tertiary/aromatic N) is 4. The highest BCUT2D eigenvalue weighted by atomic mass is 127. The summed E-state index contributed by atoms with van der Waals surface area (Å²) in [5, 5.41) is 7.99. The minimum atomic E-state index is 0.437. The van der Waals surface area contributed by atoms with Gasteiger partial charge in [0.2, 0.25) is 17.7 Å². The normalized spacial score (nSPS) is 11.0. The number of aryl methyl sites for hydroxylation is 1. The summed E-state index contributed by atoms with van der Waals surface area (Å²) >= 11 is 2.26. The summed E-state index contributed by atoms with van der Waals surface area (Å²) in [6, 6.07) is 17.1. The molecule has 3 heterocycles. The molecule has 3 aromatic heterocycles. The Bertz CT molecular complexity index is 1470. The van der Waals surface area contributed by atoms with Crippen LogP contribution in [-0.2, 0) is 6.54 Å². The summed E-state index contributed by atoms with van der Waals surface area (Å²) in [6.45, 7) is 2.37. The van der Waals surface area contributed by atoms with Gasteiger partial charge in [0.25, 0.3) is 0 Å². The molecule has 10 heteroatoms. The Balaban J connectivity index is 1.53. The Hall–Kier alpha value is -3.80. The monoisotopic (exact) mass is 583 g/mol. The summed E-state index contributed by atoms with van der Waals surface area (Å²) in [6.07, 6.45) is 1.59. The maximum absolute atomic E-state index is 6.14. The van der Waals surface area contributed by atoms with Crippen LogP contribution in [0.2, 0.25) is 0 Å². The molecule has 5 rings (SSSR count). The van der Waals surface area contributed by atoms with Crippen LogP contribution >= 0.6 is 22.6 Å². The first-order valence-electron chi connectivity index (χ1n) is 10.7. The number of aromatic nitrogens is 4. The fraction of sp³-hybridized carbons (Fsp3) is 0.160. The SMILES string of the molecule is COc1ccc(CNc2nc(Oc3ccc(I)cc3)c(C)c3nc(-c4ccco4)nn23)cc1OC. The smallest absolute Gasteiger partial charge is 0.229 e. The number of rotatable bonds is 8. The number of hydrogen-bond acceptors (Lipinski definition) is 8. The lowest BCUT2D eigenvalue weighted by molar-refractivity contribution is 0.354. The van der Waals surface area contributed by atoms with Gasteiger partial charge in [-0.3, -0.25) is 0 Å². The molecule has 0 radical (unpaired) electrons. The van der Waals surface area contributed by atoms with Crippen LogP contribution in [0.15, 0.2) is 65.3 Å². The molecule has 0 spiro atoms. The highest BCUT2D eigenvalue weighted by molar-refractivity contribution is 14.1. The largest absolute Gasteiger partial charge is 0.493 e. The van der Waals surface area contributed by atoms with E-state index in [0.717, 1.165) is 14.7 Å². The molecule has 0 aliphatic rings. The van der Waals surface area contributed by atoms with Crippen molar-refractivity contribution < 1.29 is 18.6 Å². The lowest BCUT2D eigenvalue weighted by Crippen LogP contribution is -2.10. The van der Waals surface area contributed by atoms with Crippen LogP contribution in [0, 0.1) is 10.5 Å². The molecule has 0 aliphatic heterocycles. The molecule has 0 aliphatic carbocycles. The number of nitrogens with one attached hydrogen (secondary N) is 1. The minimum Gasteiger partial charge on any atom is -0.493 e. The molecule has 178 valence electrons. The molecular formula is C25H22IN5O4. The van der Waals surface area contributed by atoms with Gasteiger partial charge in [-0.25, -0.2) is 4.98 Å². The van der Waals surface area contributed by atoms with Crippen molar-refractivity contribution in [2.45, 2.75) is 13.5 Å². The zero-order valence-electron chi connectivity index (χ0n) is 19.3. The number of furan rings is 1. The summed E-state index contributed by atoms with van der Waals surface area (Å²) in [5.74, 6) is 3.94. The average Bonchev–Trinajstić information content (AvgIpc) is 3.57. The molecule has 9 nitrogen and oxygen atoms in total. The summed E-state index contributed by atoms with van der Waals surface area (Å²) in [7, 11) is 3.22. The fourth-order valence-corrected chi connectivity index (χ4v) is 3.90. The molecule has 0 saturated heterocycles. The Morgan fingerprint density at radius 1 is 1.00 bits per heavy atom. The third kappa shape index (κ3) is 4.74. The van der Waals surface area contributed by atoms with Gasteiger partial charge >= 0.3 is 0 Å². The van der Waals surface area contributed by atoms with Crippen molar-refractivity contribution in [1.29, 1.82) is 0 Å². The van der Waals surface area contributed by atoms with E-state index < -0.39 is 0 Å². The Morgan fingerprint density at radius 2 is 1.80 bits per heavy atom. The van der Waals surface area contributed by atoms with Gasteiger partial charge in [-0.15, -0.1) is 5.10 Å². The second-order valence-corrected chi connectivity index (χ2v) is 8.86. The van der Waals surface area contributed by atoms with Gasteiger partial charge in [-0.05, 0) is 83.6 Å². The predicted octanol–water partition coefficient (Wildman–Crippen LogP) is 5.72. The molecule has 5 aromatic rings. The van der Waals surface area contributed by atoms with Gasteiger partial charge in [0.1, 0.15) is 5.75 Å². The second-order valence-electron chi connectivity index (χ2n) is 7.61. The topological polar surface area (TPSA) is 95.9 Å². The van der Waals surface area contributed by atoms with E-state index in [1.54, 1.807) is 31.1 Å². The average molecular weight is 583 g/mol. The molecule has 0 saturated carbocycles. The maximum atomic E-state index is 6.14. The van der Waals surface area contributed by atoms with Gasteiger partial charge < -0.3 is 23.9 Å². The standard InChI is InChI=1S/C25H22IN5O4/c1-15-23-28-22(20-5-4-12-34-20)30-31(23)25(29-24(15)35-18-9-7-17(26)8-10-18)27-14-16-6-11-19(32-2)21(13-16)33-3/h4-13H,14H2,1-3H3,(H,27,29). The molecule has 0 atom stereocenters. The zero-order valence-corrected chi connectivity index (χ0v) is 21.4. The first-order chi connectivity index (χ1) is 17.1. The Labute approximate surface area is 215 Å². The first kappa shape index (κ1) is 23.0. The fourth-order valence-electron chi connectivity index (χ4n) is 3.54. The molecule has 0 unspecified atom stereocenters. The third-order valence-electron chi connectivity index (χ3n) is 5.34. The van der Waals surface area contributed by atoms with Crippen LogP contribution in [0.1, 0.15) is 11.1 Å². The van der Waals surface area contributed by atoms with Crippen molar-refractivity contribution in [3.05, 3.63) is 75.6 Å². The first-order valence-corrected chi connectivity index (χ1v) is 11.8. The number of methoxy groups -OCH3 is 2. The third-order valence-corrected chi connectivity index (χ3v) is 6.06. The van der Waals surface area contributed by atoms with Gasteiger partial charge in [0.05, 0.1) is 26.0 Å². The van der Waals surface area contributed by atoms with E-state index in [0.29, 0.717) is 52.9 Å². The quantitative estimate of drug-likeness (QED) is 0.232. The Kier molecular flexibility index (Phi) is 6.45. The van der Waals surface area contributed by atoms with E-state index in [-0.39, 0.29) is 0 Å². The lowest BCUT2D eigenvalue weighted by atomic mass is 10.2. The van der Waals surface area contributed by atoms with Crippen LogP contribution in [0.25, 0.3) is 17.2 Å². The second kappa shape index (κ2) is 9.82. The van der Waals surface area contributed by atoms with Crippen LogP contribution in [-0.4, -0.2) is 33.8 Å². The molecular weight excluding hydrogens is 561 g/mol. The number of fused-ring (bicyclic) bond motifs is 1. The molecule has 0 bridgehead atoms. The summed E-state index contributed by atoms with van der Waals surface area (Å²) in [5.41, 5.74) is 2.34. The minimum absolute atomic E-state index is 0.437. The van der Waals surface area contributed by atoms with Crippen LogP contribution < -0.4 is 19.5 Å². The van der Waals surface area contributed by atoms with E-state index in [1.807, 2.05) is 55.5 Å². The van der Waals surface area contributed by atoms with Gasteiger partial charge in [0, 0.05) is 10.1 Å². The molecule has 2 aromatic carbocycles. The van der Waals surface area contributed by atoms with E-state index in [1.165, 1.54) is 0 Å². The van der Waals surface area contributed by atoms with Gasteiger partial charge in [-0.1, -0.05) is 6.07 Å². The number of halogens is 1. The van der Waals surface area contributed by atoms with E-state index in [9.17, 15) is 0 Å². The van der Waals surface area contributed by atoms with Crippen LogP contribution in [0.4, 0.5) is 5.95 Å². The van der Waals surface area contributed by atoms with Crippen LogP contribution in [0.5, 0.6) is 23.1 Å². The van der Waals surface area contributed by atoms with E-state index in [4.69, 9.17) is 28.6 Å². The predicted molar refractivity (Wildman–Crippen MR) is 139 cm³/mol. The van der Waals surface area contributed by atoms with Crippen molar-refractivity contribution >= 4 is 34.2 Å². The molecule has 1 N–H and O–H groups in total. The number of ether oxygens (including phenoxy) is 3. The summed E-state index contributed by atoms with van der Waals surface area (Å²) in [4.78, 5) is 9.44. The van der Waals surface area contributed by atoms with Crippen molar-refractivity contribution in [3.8, 4) is 34.7 Å². The Morgan fingerprint density at radius 3 is 2.51 bits per heavy atom. The lowest BCUT2D eigenvalue weighted by Gasteiger charge is -2.14. The van der Waals surface area contributed by atoms with Crippen molar-refractivity contribution in [1.82, 2.24) is 19.6 Å². The van der Waals surface area contributed by atoms with Gasteiger partial charge in [-0.2, -0.15) is 9.50 Å². The van der Waals surface area contributed by atoms with E-state index >= 15 is 0 Å². The zero-order chi connectivity index (χ0) is 24.4. The number of benzene rings is 2. The van der Waals surface area contributed by atoms with Gasteiger partial charge in [0.15, 0.2) is 22.9 Å². The highest BCUT2D eigenvalue weighted by Crippen LogP contribution is 2.31.